The molecule has 144 valence electrons. The molecule has 0 saturated carbocycles. The summed E-state index contributed by atoms with van der Waals surface area (Å²) in [7, 11) is 1.55. The zero-order valence-electron chi connectivity index (χ0n) is 16.3. The molecule has 0 unspecified atom stereocenters. The van der Waals surface area contributed by atoms with Gasteiger partial charge in [-0.3, -0.25) is 4.79 Å². The largest absolute Gasteiger partial charge is 0.496 e. The summed E-state index contributed by atoms with van der Waals surface area (Å²) in [5.74, 6) is 0.218. The van der Waals surface area contributed by atoms with Crippen molar-refractivity contribution >= 4 is 28.1 Å². The Morgan fingerprint density at radius 3 is 2.50 bits per heavy atom. The molecule has 0 bridgehead atoms. The molecule has 0 spiro atoms. The van der Waals surface area contributed by atoms with E-state index in [0.29, 0.717) is 11.3 Å². The summed E-state index contributed by atoms with van der Waals surface area (Å²) in [6, 6.07) is 15.6. The molecule has 5 nitrogen and oxygen atoms in total. The van der Waals surface area contributed by atoms with Gasteiger partial charge in [-0.2, -0.15) is 5.10 Å². The molecule has 0 saturated heterocycles. The predicted octanol–water partition coefficient (Wildman–Crippen LogP) is 4.94. The highest BCUT2D eigenvalue weighted by Gasteiger charge is 2.12. The molecule has 2 aromatic carbocycles. The van der Waals surface area contributed by atoms with Crippen LogP contribution in [0.4, 0.5) is 0 Å². The topological polar surface area (TPSA) is 55.6 Å². The van der Waals surface area contributed by atoms with Gasteiger partial charge in [-0.1, -0.05) is 22.0 Å². The summed E-state index contributed by atoms with van der Waals surface area (Å²) in [5.41, 5.74) is 8.21. The molecule has 0 aliphatic carbocycles. The predicted molar refractivity (Wildman–Crippen MR) is 116 cm³/mol. The van der Waals surface area contributed by atoms with Crippen LogP contribution in [-0.4, -0.2) is 23.8 Å². The summed E-state index contributed by atoms with van der Waals surface area (Å²) >= 11 is 3.46. The number of hydrogen-bond donors (Lipinski definition) is 1. The lowest BCUT2D eigenvalue weighted by atomic mass is 10.1. The van der Waals surface area contributed by atoms with E-state index in [4.69, 9.17) is 4.74 Å². The molecule has 0 radical (unpaired) electrons. The highest BCUT2D eigenvalue weighted by atomic mass is 79.9. The van der Waals surface area contributed by atoms with Crippen LogP contribution in [0.2, 0.25) is 0 Å². The lowest BCUT2D eigenvalue weighted by Gasteiger charge is -2.09. The normalized spacial score (nSPS) is 11.0. The molecular weight excluding hydrogens is 418 g/mol. The fraction of sp³-hybridized carbons (Fsp3) is 0.182. The number of halogens is 1. The molecule has 3 aromatic rings. The van der Waals surface area contributed by atoms with Crippen molar-refractivity contribution in [3.63, 3.8) is 0 Å². The monoisotopic (exact) mass is 439 g/mol. The minimum Gasteiger partial charge on any atom is -0.496 e. The van der Waals surface area contributed by atoms with Crippen molar-refractivity contribution in [1.82, 2.24) is 9.99 Å². The molecule has 1 aromatic heterocycles. The van der Waals surface area contributed by atoms with Crippen LogP contribution in [0.5, 0.6) is 5.75 Å². The summed E-state index contributed by atoms with van der Waals surface area (Å²) in [6.07, 6.45) is 1.66. The lowest BCUT2D eigenvalue weighted by Crippen LogP contribution is -2.18. The molecule has 6 heteroatoms. The van der Waals surface area contributed by atoms with E-state index < -0.39 is 0 Å². The van der Waals surface area contributed by atoms with Crippen LogP contribution in [-0.2, 0) is 0 Å². The number of nitrogens with zero attached hydrogens (tertiary/aromatic N) is 2. The zero-order valence-corrected chi connectivity index (χ0v) is 17.9. The van der Waals surface area contributed by atoms with Crippen LogP contribution in [0.3, 0.4) is 0 Å². The highest BCUT2D eigenvalue weighted by molar-refractivity contribution is 9.10. The molecule has 3 rings (SSSR count). The van der Waals surface area contributed by atoms with Gasteiger partial charge in [0.25, 0.3) is 5.91 Å². The van der Waals surface area contributed by atoms with Gasteiger partial charge in [0.15, 0.2) is 0 Å². The molecule has 28 heavy (non-hydrogen) atoms. The maximum Gasteiger partial charge on any atom is 0.275 e. The standard InChI is InChI=1S/C22H22BrN3O2/c1-14-5-10-20(21(11-14)28-4)22(27)25-24-13-17-12-15(2)26(16(17)3)19-8-6-18(23)7-9-19/h5-13H,1-4H3,(H,25,27)/b24-13-. The number of rotatable bonds is 5. The molecule has 0 fully saturated rings. The van der Waals surface area contributed by atoms with Crippen LogP contribution in [0.1, 0.15) is 32.9 Å². The van der Waals surface area contributed by atoms with Gasteiger partial charge in [-0.15, -0.1) is 0 Å². The Labute approximate surface area is 173 Å². The Balaban J connectivity index is 1.79. The average molecular weight is 440 g/mol. The molecule has 0 aliphatic heterocycles. The van der Waals surface area contributed by atoms with E-state index in [1.165, 1.54) is 0 Å². The van der Waals surface area contributed by atoms with E-state index in [0.717, 1.165) is 32.7 Å². The highest BCUT2D eigenvalue weighted by Crippen LogP contribution is 2.22. The van der Waals surface area contributed by atoms with Crippen LogP contribution in [0.15, 0.2) is 58.1 Å². The number of hydrazone groups is 1. The summed E-state index contributed by atoms with van der Waals surface area (Å²) in [6.45, 7) is 6.02. The molecule has 0 atom stereocenters. The van der Waals surface area contributed by atoms with Crippen molar-refractivity contribution in [2.24, 2.45) is 5.10 Å². The van der Waals surface area contributed by atoms with Gasteiger partial charge >= 0.3 is 0 Å². The van der Waals surface area contributed by atoms with Crippen molar-refractivity contribution < 1.29 is 9.53 Å². The lowest BCUT2D eigenvalue weighted by molar-refractivity contribution is 0.0952. The number of nitrogens with one attached hydrogen (secondary N) is 1. The first-order chi connectivity index (χ1) is 13.4. The van der Waals surface area contributed by atoms with Gasteiger partial charge in [0.05, 0.1) is 18.9 Å². The number of ether oxygens (including phenoxy) is 1. The second-order valence-corrected chi connectivity index (χ2v) is 7.46. The number of methoxy groups -OCH3 is 1. The van der Waals surface area contributed by atoms with Gasteiger partial charge in [0, 0.05) is 27.1 Å². The van der Waals surface area contributed by atoms with Gasteiger partial charge in [0.2, 0.25) is 0 Å². The molecule has 1 heterocycles. The van der Waals surface area contributed by atoms with Gasteiger partial charge in [-0.05, 0) is 68.8 Å². The van der Waals surface area contributed by atoms with Crippen molar-refractivity contribution in [2.45, 2.75) is 20.8 Å². The third-order valence-corrected chi connectivity index (χ3v) is 5.06. The van der Waals surface area contributed by atoms with Crippen LogP contribution < -0.4 is 10.2 Å². The summed E-state index contributed by atoms with van der Waals surface area (Å²) in [5, 5.41) is 4.14. The summed E-state index contributed by atoms with van der Waals surface area (Å²) in [4.78, 5) is 12.4. The van der Waals surface area contributed by atoms with E-state index in [9.17, 15) is 4.79 Å². The fourth-order valence-electron chi connectivity index (χ4n) is 3.11. The van der Waals surface area contributed by atoms with Crippen LogP contribution >= 0.6 is 15.9 Å². The Bertz CT molecular complexity index is 1040. The first-order valence-electron chi connectivity index (χ1n) is 8.83. The smallest absolute Gasteiger partial charge is 0.275 e. The van der Waals surface area contributed by atoms with Gasteiger partial charge in [0.1, 0.15) is 5.75 Å². The molecule has 1 N–H and O–H groups in total. The number of carbonyl (C=O) groups is 1. The van der Waals surface area contributed by atoms with Gasteiger partial charge < -0.3 is 9.30 Å². The maximum atomic E-state index is 12.4. The molecular formula is C22H22BrN3O2. The van der Waals surface area contributed by atoms with E-state index in [1.54, 1.807) is 19.4 Å². The average Bonchev–Trinajstić information content (AvgIpc) is 2.96. The zero-order chi connectivity index (χ0) is 20.3. The van der Waals surface area contributed by atoms with Crippen LogP contribution in [0.25, 0.3) is 5.69 Å². The Morgan fingerprint density at radius 1 is 1.11 bits per heavy atom. The number of aryl methyl sites for hydroxylation is 2. The van der Waals surface area contributed by atoms with Crippen molar-refractivity contribution in [3.05, 3.63) is 81.1 Å². The number of carbonyl (C=O) groups excluding carboxylic acids is 1. The number of amides is 1. The summed E-state index contributed by atoms with van der Waals surface area (Å²) < 4.78 is 8.48. The second-order valence-electron chi connectivity index (χ2n) is 6.54. The number of benzene rings is 2. The van der Waals surface area contributed by atoms with E-state index in [1.807, 2.05) is 51.1 Å². The van der Waals surface area contributed by atoms with Gasteiger partial charge in [-0.25, -0.2) is 5.43 Å². The van der Waals surface area contributed by atoms with Crippen LogP contribution in [0, 0.1) is 20.8 Å². The Morgan fingerprint density at radius 2 is 1.82 bits per heavy atom. The van der Waals surface area contributed by atoms with E-state index in [-0.39, 0.29) is 5.91 Å². The first kappa shape index (κ1) is 19.9. The second kappa shape index (κ2) is 8.44. The third-order valence-electron chi connectivity index (χ3n) is 4.53. The quantitative estimate of drug-likeness (QED) is 0.452. The molecule has 0 aliphatic rings. The number of hydrogen-bond acceptors (Lipinski definition) is 3. The third kappa shape index (κ3) is 4.17. The maximum absolute atomic E-state index is 12.4. The van der Waals surface area contributed by atoms with Crippen molar-refractivity contribution in [1.29, 1.82) is 0 Å². The SMILES string of the molecule is COc1cc(C)ccc1C(=O)N/N=C\c1cc(C)n(-c2ccc(Br)cc2)c1C. The van der Waals surface area contributed by atoms with E-state index >= 15 is 0 Å². The minimum absolute atomic E-state index is 0.310. The number of aromatic nitrogens is 1. The minimum atomic E-state index is -0.310. The molecule has 1 amide bonds. The fourth-order valence-corrected chi connectivity index (χ4v) is 3.38. The van der Waals surface area contributed by atoms with E-state index in [2.05, 4.69) is 43.2 Å². The van der Waals surface area contributed by atoms with Crippen molar-refractivity contribution in [3.8, 4) is 11.4 Å². The van der Waals surface area contributed by atoms with Crippen molar-refractivity contribution in [2.75, 3.05) is 7.11 Å². The Hall–Kier alpha value is -2.86. The Kier molecular flexibility index (Phi) is 5.99. The first-order valence-corrected chi connectivity index (χ1v) is 9.63.